The lowest BCUT2D eigenvalue weighted by Gasteiger charge is -2.20. The molecule has 32 heavy (non-hydrogen) atoms. The van der Waals surface area contributed by atoms with E-state index in [2.05, 4.69) is 28.6 Å². The number of phenols is 1. The maximum Gasteiger partial charge on any atom is 0.326 e. The van der Waals surface area contributed by atoms with Crippen LogP contribution < -0.4 is 27.4 Å². The molecule has 1 aromatic carbocycles. The van der Waals surface area contributed by atoms with Gasteiger partial charge in [0.2, 0.25) is 17.7 Å². The summed E-state index contributed by atoms with van der Waals surface area (Å²) in [5.74, 6) is -3.04. The van der Waals surface area contributed by atoms with E-state index in [0.29, 0.717) is 19.4 Å². The molecule has 0 heterocycles. The van der Waals surface area contributed by atoms with Crippen molar-refractivity contribution in [1.82, 2.24) is 16.0 Å². The molecule has 3 amide bonds. The van der Waals surface area contributed by atoms with Crippen LogP contribution in [0.2, 0.25) is 0 Å². The normalized spacial score (nSPS) is 13.5. The van der Waals surface area contributed by atoms with E-state index in [1.54, 1.807) is 12.1 Å². The largest absolute Gasteiger partial charge is 0.508 e. The molecule has 11 nitrogen and oxygen atoms in total. The molecule has 0 aliphatic heterocycles. The van der Waals surface area contributed by atoms with Gasteiger partial charge in [0.1, 0.15) is 17.8 Å². The highest BCUT2D eigenvalue weighted by atomic mass is 32.1. The summed E-state index contributed by atoms with van der Waals surface area (Å²) in [6, 6.07) is 3.15. The molecule has 12 heteroatoms. The lowest BCUT2D eigenvalue weighted by molar-refractivity contribution is -0.142. The summed E-state index contributed by atoms with van der Waals surface area (Å²) in [6.45, 7) is -0.0367. The van der Waals surface area contributed by atoms with E-state index in [4.69, 9.17) is 11.5 Å². The van der Waals surface area contributed by atoms with Gasteiger partial charge in [-0.15, -0.1) is 0 Å². The van der Waals surface area contributed by atoms with E-state index in [1.165, 1.54) is 12.1 Å². The maximum atomic E-state index is 12.3. The van der Waals surface area contributed by atoms with Crippen molar-refractivity contribution in [3.8, 4) is 5.75 Å². The molecule has 0 saturated carbocycles. The zero-order chi connectivity index (χ0) is 24.1. The molecule has 0 aliphatic carbocycles. The summed E-state index contributed by atoms with van der Waals surface area (Å²) in [5.41, 5.74) is 12.0. The molecular weight excluding hydrogens is 438 g/mol. The zero-order valence-corrected chi connectivity index (χ0v) is 18.5. The van der Waals surface area contributed by atoms with Crippen molar-refractivity contribution in [3.05, 3.63) is 29.8 Å². The van der Waals surface area contributed by atoms with E-state index in [1.807, 2.05) is 0 Å². The van der Waals surface area contributed by atoms with E-state index >= 15 is 0 Å². The van der Waals surface area contributed by atoms with Crippen molar-refractivity contribution in [3.63, 3.8) is 0 Å². The summed E-state index contributed by atoms with van der Waals surface area (Å²) >= 11 is 4.05. The van der Waals surface area contributed by atoms with Crippen LogP contribution in [0.1, 0.15) is 24.8 Å². The maximum absolute atomic E-state index is 12.3. The number of aliphatic carboxylic acids is 1. The second-order valence-electron chi connectivity index (χ2n) is 7.18. The molecule has 0 fully saturated rings. The standard InChI is InChI=1S/C20H31N5O6S/c21-8-2-1-3-15(20(30)31)24-17(27)10-23-19(29)16(11-32)25-18(28)14(22)9-12-4-6-13(26)7-5-12/h4-7,14-16,26,32H,1-3,8-11,21-22H2,(H,23,29)(H,24,27)(H,25,28)(H,30,31). The molecule has 0 spiro atoms. The number of thiol groups is 1. The smallest absolute Gasteiger partial charge is 0.326 e. The molecule has 0 bridgehead atoms. The molecule has 1 rings (SSSR count). The van der Waals surface area contributed by atoms with Crippen LogP contribution in [0, 0.1) is 0 Å². The third kappa shape index (κ3) is 9.98. The lowest BCUT2D eigenvalue weighted by atomic mass is 10.1. The van der Waals surface area contributed by atoms with Crippen LogP contribution in [0.3, 0.4) is 0 Å². The minimum atomic E-state index is -1.18. The number of nitrogens with one attached hydrogen (secondary N) is 3. The number of aromatic hydroxyl groups is 1. The van der Waals surface area contributed by atoms with Gasteiger partial charge >= 0.3 is 5.97 Å². The van der Waals surface area contributed by atoms with Crippen molar-refractivity contribution < 1.29 is 29.4 Å². The van der Waals surface area contributed by atoms with Gasteiger partial charge in [-0.3, -0.25) is 14.4 Å². The molecule has 0 aromatic heterocycles. The Morgan fingerprint density at radius 3 is 2.22 bits per heavy atom. The number of benzene rings is 1. The lowest BCUT2D eigenvalue weighted by Crippen LogP contribution is -2.54. The van der Waals surface area contributed by atoms with Crippen molar-refractivity contribution >= 4 is 36.3 Å². The van der Waals surface area contributed by atoms with Crippen molar-refractivity contribution in [2.75, 3.05) is 18.8 Å². The van der Waals surface area contributed by atoms with Gasteiger partial charge in [-0.1, -0.05) is 12.1 Å². The number of hydrogen-bond acceptors (Lipinski definition) is 8. The topological polar surface area (TPSA) is 197 Å². The number of carbonyl (C=O) groups is 4. The molecule has 9 N–H and O–H groups in total. The number of carboxylic acids is 1. The molecule has 178 valence electrons. The number of hydrogen-bond donors (Lipinski definition) is 8. The Hall–Kier alpha value is -2.83. The summed E-state index contributed by atoms with van der Waals surface area (Å²) in [7, 11) is 0. The number of phenolic OH excluding ortho intramolecular Hbond substituents is 1. The van der Waals surface area contributed by atoms with Gasteiger partial charge < -0.3 is 37.6 Å². The number of carboxylic acid groups (broad SMARTS) is 1. The quantitative estimate of drug-likeness (QED) is 0.119. The highest BCUT2D eigenvalue weighted by Gasteiger charge is 2.24. The SMILES string of the molecule is NCCCCC(NC(=O)CNC(=O)C(CS)NC(=O)C(N)Cc1ccc(O)cc1)C(=O)O. The monoisotopic (exact) mass is 469 g/mol. The van der Waals surface area contributed by atoms with Crippen LogP contribution in [0.25, 0.3) is 0 Å². The fourth-order valence-electron chi connectivity index (χ4n) is 2.74. The minimum Gasteiger partial charge on any atom is -0.508 e. The fourth-order valence-corrected chi connectivity index (χ4v) is 2.99. The third-order valence-electron chi connectivity index (χ3n) is 4.55. The molecule has 0 radical (unpaired) electrons. The first kappa shape index (κ1) is 27.2. The molecule has 0 saturated heterocycles. The summed E-state index contributed by atoms with van der Waals surface area (Å²) in [6.07, 6.45) is 1.59. The molecule has 3 unspecified atom stereocenters. The van der Waals surface area contributed by atoms with Crippen molar-refractivity contribution in [2.45, 2.75) is 43.8 Å². The van der Waals surface area contributed by atoms with Gasteiger partial charge in [0.25, 0.3) is 0 Å². The number of carbonyl (C=O) groups excluding carboxylic acids is 3. The average molecular weight is 470 g/mol. The highest BCUT2D eigenvalue weighted by molar-refractivity contribution is 7.80. The zero-order valence-electron chi connectivity index (χ0n) is 17.6. The van der Waals surface area contributed by atoms with E-state index in [0.717, 1.165) is 5.56 Å². The number of unbranched alkanes of at least 4 members (excludes halogenated alkanes) is 1. The second kappa shape index (κ2) is 14.3. The van der Waals surface area contributed by atoms with Crippen LogP contribution in [-0.2, 0) is 25.6 Å². The predicted molar refractivity (Wildman–Crippen MR) is 121 cm³/mol. The van der Waals surface area contributed by atoms with E-state index < -0.39 is 48.4 Å². The van der Waals surface area contributed by atoms with Crippen LogP contribution in [0.15, 0.2) is 24.3 Å². The Bertz CT molecular complexity index is 776. The predicted octanol–water partition coefficient (Wildman–Crippen LogP) is -1.51. The van der Waals surface area contributed by atoms with Crippen LogP contribution in [-0.4, -0.2) is 70.9 Å². The van der Waals surface area contributed by atoms with Gasteiger partial charge in [0.15, 0.2) is 0 Å². The van der Waals surface area contributed by atoms with Crippen LogP contribution >= 0.6 is 12.6 Å². The minimum absolute atomic E-state index is 0.0397. The molecule has 0 aliphatic rings. The van der Waals surface area contributed by atoms with Gasteiger partial charge in [-0.05, 0) is 49.9 Å². The van der Waals surface area contributed by atoms with Crippen LogP contribution in [0.5, 0.6) is 5.75 Å². The number of nitrogens with two attached hydrogens (primary N) is 2. The van der Waals surface area contributed by atoms with E-state index in [-0.39, 0.29) is 24.3 Å². The Morgan fingerprint density at radius 2 is 1.66 bits per heavy atom. The second-order valence-corrected chi connectivity index (χ2v) is 7.55. The Balaban J connectivity index is 2.51. The van der Waals surface area contributed by atoms with E-state index in [9.17, 15) is 29.4 Å². The number of amides is 3. The van der Waals surface area contributed by atoms with Crippen molar-refractivity contribution in [1.29, 1.82) is 0 Å². The Kier molecular flexibility index (Phi) is 12.1. The first-order valence-electron chi connectivity index (χ1n) is 10.1. The molecule has 3 atom stereocenters. The first-order chi connectivity index (χ1) is 15.2. The van der Waals surface area contributed by atoms with Gasteiger partial charge in [0, 0.05) is 5.75 Å². The Morgan fingerprint density at radius 1 is 1.00 bits per heavy atom. The fraction of sp³-hybridized carbons (Fsp3) is 0.500. The third-order valence-corrected chi connectivity index (χ3v) is 4.91. The van der Waals surface area contributed by atoms with Gasteiger partial charge in [0.05, 0.1) is 12.6 Å². The molecule has 1 aromatic rings. The average Bonchev–Trinajstić information content (AvgIpc) is 2.76. The highest BCUT2D eigenvalue weighted by Crippen LogP contribution is 2.11. The Labute approximate surface area is 191 Å². The molecular formula is C20H31N5O6S. The summed E-state index contributed by atoms with van der Waals surface area (Å²) in [4.78, 5) is 47.9. The van der Waals surface area contributed by atoms with Gasteiger partial charge in [-0.25, -0.2) is 4.79 Å². The van der Waals surface area contributed by atoms with Crippen LogP contribution in [0.4, 0.5) is 0 Å². The number of rotatable bonds is 14. The van der Waals surface area contributed by atoms with Crippen molar-refractivity contribution in [2.24, 2.45) is 11.5 Å². The first-order valence-corrected chi connectivity index (χ1v) is 10.8. The van der Waals surface area contributed by atoms with Gasteiger partial charge in [-0.2, -0.15) is 12.6 Å². The summed E-state index contributed by atoms with van der Waals surface area (Å²) in [5, 5.41) is 25.6. The summed E-state index contributed by atoms with van der Waals surface area (Å²) < 4.78 is 0.